The molecular weight excluding hydrogens is 238 g/mol. The lowest BCUT2D eigenvalue weighted by molar-refractivity contribution is 0.305. The van der Waals surface area contributed by atoms with E-state index in [1.165, 1.54) is 0 Å². The molecule has 0 rings (SSSR count). The van der Waals surface area contributed by atoms with Crippen LogP contribution in [0.15, 0.2) is 5.16 Å². The normalized spacial score (nSPS) is 16.8. The standard InChI is InChI=1S/C11H25N3O2S/c1-9(17(4)16)5-7-13-8-6-11(2,3)10(12)14-15/h9,13,15H,5-8H2,1-4H3,(H2,12,14). The Morgan fingerprint density at radius 1 is 1.53 bits per heavy atom. The zero-order valence-electron chi connectivity index (χ0n) is 11.2. The second-order valence-corrected chi connectivity index (χ2v) is 6.77. The molecule has 0 aromatic carbocycles. The van der Waals surface area contributed by atoms with Crippen LogP contribution >= 0.6 is 0 Å². The molecule has 17 heavy (non-hydrogen) atoms. The van der Waals surface area contributed by atoms with Gasteiger partial charge in [0.05, 0.1) is 0 Å². The molecule has 5 nitrogen and oxygen atoms in total. The Kier molecular flexibility index (Phi) is 7.38. The van der Waals surface area contributed by atoms with E-state index in [0.29, 0.717) is 0 Å². The fourth-order valence-electron chi connectivity index (χ4n) is 1.26. The van der Waals surface area contributed by atoms with Gasteiger partial charge in [-0.1, -0.05) is 25.9 Å². The van der Waals surface area contributed by atoms with Gasteiger partial charge in [0.2, 0.25) is 0 Å². The van der Waals surface area contributed by atoms with Gasteiger partial charge in [0.1, 0.15) is 5.84 Å². The quantitative estimate of drug-likeness (QED) is 0.200. The van der Waals surface area contributed by atoms with Crippen LogP contribution in [0.5, 0.6) is 0 Å². The number of oxime groups is 1. The molecule has 0 aliphatic heterocycles. The third-order valence-electron chi connectivity index (χ3n) is 3.02. The largest absolute Gasteiger partial charge is 0.409 e. The summed E-state index contributed by atoms with van der Waals surface area (Å²) in [6.07, 6.45) is 3.42. The highest BCUT2D eigenvalue weighted by Gasteiger charge is 2.22. The Labute approximate surface area is 106 Å². The average molecular weight is 263 g/mol. The zero-order valence-corrected chi connectivity index (χ0v) is 12.0. The van der Waals surface area contributed by atoms with Crippen molar-refractivity contribution in [3.63, 3.8) is 0 Å². The van der Waals surface area contributed by atoms with Crippen molar-refractivity contribution in [1.82, 2.24) is 5.32 Å². The molecule has 4 N–H and O–H groups in total. The molecule has 0 aliphatic rings. The fraction of sp³-hybridized carbons (Fsp3) is 0.909. The lowest BCUT2D eigenvalue weighted by Crippen LogP contribution is -2.35. The van der Waals surface area contributed by atoms with Crippen LogP contribution in [0, 0.1) is 5.41 Å². The molecule has 0 amide bonds. The number of rotatable bonds is 8. The van der Waals surface area contributed by atoms with E-state index in [0.717, 1.165) is 25.9 Å². The Bertz CT molecular complexity index is 280. The maximum atomic E-state index is 11.1. The molecule has 0 spiro atoms. The third-order valence-corrected chi connectivity index (χ3v) is 4.39. The van der Waals surface area contributed by atoms with E-state index in [2.05, 4.69) is 10.5 Å². The monoisotopic (exact) mass is 263 g/mol. The summed E-state index contributed by atoms with van der Waals surface area (Å²) in [5, 5.41) is 15.2. The highest BCUT2D eigenvalue weighted by atomic mass is 32.2. The molecule has 2 atom stereocenters. The Balaban J connectivity index is 3.75. The summed E-state index contributed by atoms with van der Waals surface area (Å²) in [5.74, 6) is 0.252. The second kappa shape index (κ2) is 7.66. The van der Waals surface area contributed by atoms with Crippen LogP contribution in [0.2, 0.25) is 0 Å². The van der Waals surface area contributed by atoms with Crippen LogP contribution < -0.4 is 11.1 Å². The van der Waals surface area contributed by atoms with Crippen molar-refractivity contribution in [2.45, 2.75) is 38.9 Å². The lowest BCUT2D eigenvalue weighted by atomic mass is 9.88. The Hall–Kier alpha value is -0.620. The molecule has 0 radical (unpaired) electrons. The molecule has 0 aliphatic carbocycles. The van der Waals surface area contributed by atoms with Crippen molar-refractivity contribution in [3.05, 3.63) is 0 Å². The van der Waals surface area contributed by atoms with Gasteiger partial charge in [0.15, 0.2) is 0 Å². The molecule has 2 unspecified atom stereocenters. The van der Waals surface area contributed by atoms with E-state index in [-0.39, 0.29) is 16.5 Å². The van der Waals surface area contributed by atoms with Gasteiger partial charge in [-0.15, -0.1) is 0 Å². The predicted octanol–water partition coefficient (Wildman–Crippen LogP) is 0.896. The molecule has 0 saturated heterocycles. The van der Waals surface area contributed by atoms with Gasteiger partial charge >= 0.3 is 0 Å². The maximum absolute atomic E-state index is 11.1. The lowest BCUT2D eigenvalue weighted by Gasteiger charge is -2.22. The summed E-state index contributed by atoms with van der Waals surface area (Å²) < 4.78 is 11.1. The van der Waals surface area contributed by atoms with Crippen LogP contribution in [0.25, 0.3) is 0 Å². The number of nitrogens with two attached hydrogens (primary N) is 1. The number of amidine groups is 1. The number of nitrogens with zero attached hydrogens (tertiary/aromatic N) is 1. The van der Waals surface area contributed by atoms with Crippen molar-refractivity contribution in [3.8, 4) is 0 Å². The van der Waals surface area contributed by atoms with Crippen LogP contribution in [0.4, 0.5) is 0 Å². The second-order valence-electron chi connectivity index (χ2n) is 4.97. The van der Waals surface area contributed by atoms with Crippen LogP contribution in [0.3, 0.4) is 0 Å². The van der Waals surface area contributed by atoms with Gasteiger partial charge in [0.25, 0.3) is 0 Å². The first kappa shape index (κ1) is 16.4. The van der Waals surface area contributed by atoms with E-state index < -0.39 is 10.8 Å². The van der Waals surface area contributed by atoms with Crippen molar-refractivity contribution in [1.29, 1.82) is 0 Å². The zero-order chi connectivity index (χ0) is 13.5. The van der Waals surface area contributed by atoms with Crippen LogP contribution in [-0.2, 0) is 10.8 Å². The van der Waals surface area contributed by atoms with Crippen LogP contribution in [-0.4, -0.2) is 39.8 Å². The molecule has 0 heterocycles. The van der Waals surface area contributed by atoms with E-state index in [1.807, 2.05) is 20.8 Å². The Morgan fingerprint density at radius 3 is 2.59 bits per heavy atom. The molecule has 102 valence electrons. The number of nitrogens with one attached hydrogen (secondary N) is 1. The summed E-state index contributed by atoms with van der Waals surface area (Å²) in [5.41, 5.74) is 5.28. The Morgan fingerprint density at radius 2 is 2.12 bits per heavy atom. The average Bonchev–Trinajstić information content (AvgIpc) is 2.26. The van der Waals surface area contributed by atoms with Gasteiger partial charge < -0.3 is 16.3 Å². The summed E-state index contributed by atoms with van der Waals surface area (Å²) in [6.45, 7) is 7.50. The first-order chi connectivity index (χ1) is 7.81. The minimum atomic E-state index is -0.754. The van der Waals surface area contributed by atoms with Gasteiger partial charge in [0, 0.05) is 27.7 Å². The molecule has 0 bridgehead atoms. The van der Waals surface area contributed by atoms with E-state index in [1.54, 1.807) is 6.26 Å². The van der Waals surface area contributed by atoms with Crippen molar-refractivity contribution in [2.75, 3.05) is 19.3 Å². The topological polar surface area (TPSA) is 87.7 Å². The molecule has 0 saturated carbocycles. The summed E-state index contributed by atoms with van der Waals surface area (Å²) in [6, 6.07) is 0. The fourth-order valence-corrected chi connectivity index (χ4v) is 1.71. The maximum Gasteiger partial charge on any atom is 0.144 e. The van der Waals surface area contributed by atoms with Gasteiger partial charge in [-0.2, -0.15) is 0 Å². The van der Waals surface area contributed by atoms with Crippen molar-refractivity contribution in [2.24, 2.45) is 16.3 Å². The van der Waals surface area contributed by atoms with Crippen molar-refractivity contribution >= 4 is 16.6 Å². The highest BCUT2D eigenvalue weighted by molar-refractivity contribution is 7.84. The van der Waals surface area contributed by atoms with Gasteiger partial charge in [-0.3, -0.25) is 4.21 Å². The summed E-state index contributed by atoms with van der Waals surface area (Å²) >= 11 is 0. The highest BCUT2D eigenvalue weighted by Crippen LogP contribution is 2.19. The van der Waals surface area contributed by atoms with Gasteiger partial charge in [-0.25, -0.2) is 0 Å². The van der Waals surface area contributed by atoms with Crippen LogP contribution in [0.1, 0.15) is 33.6 Å². The number of hydrogen-bond acceptors (Lipinski definition) is 4. The molecule has 0 aromatic heterocycles. The molecule has 0 aromatic rings. The SMILES string of the molecule is CC(CCNCCC(C)(C)C(N)=NO)S(C)=O. The first-order valence-corrected chi connectivity index (χ1v) is 7.44. The smallest absolute Gasteiger partial charge is 0.144 e. The third kappa shape index (κ3) is 6.63. The summed E-state index contributed by atoms with van der Waals surface area (Å²) in [4.78, 5) is 0. The van der Waals surface area contributed by atoms with E-state index in [9.17, 15) is 4.21 Å². The van der Waals surface area contributed by atoms with Crippen molar-refractivity contribution < 1.29 is 9.42 Å². The van der Waals surface area contributed by atoms with E-state index >= 15 is 0 Å². The van der Waals surface area contributed by atoms with E-state index in [4.69, 9.17) is 10.9 Å². The van der Waals surface area contributed by atoms with Gasteiger partial charge in [-0.05, 0) is 25.9 Å². The summed E-state index contributed by atoms with van der Waals surface area (Å²) in [7, 11) is -0.754. The number of hydrogen-bond donors (Lipinski definition) is 3. The first-order valence-electron chi connectivity index (χ1n) is 5.82. The molecule has 6 heteroatoms. The minimum absolute atomic E-state index is 0.222. The molecular formula is C11H25N3O2S. The minimum Gasteiger partial charge on any atom is -0.409 e. The predicted molar refractivity (Wildman–Crippen MR) is 72.8 cm³/mol. The molecule has 0 fully saturated rings.